The van der Waals surface area contributed by atoms with Crippen LogP contribution in [0.4, 0.5) is 0 Å². The average Bonchev–Trinajstić information content (AvgIpc) is 2.94. The van der Waals surface area contributed by atoms with Gasteiger partial charge in [-0.3, -0.25) is 9.59 Å². The minimum atomic E-state index is -0.271. The van der Waals surface area contributed by atoms with Crippen LogP contribution in [0.1, 0.15) is 20.3 Å². The van der Waals surface area contributed by atoms with Crippen molar-refractivity contribution in [2.75, 3.05) is 26.2 Å². The number of hydrogen-bond acceptors (Lipinski definition) is 5. The smallest absolute Gasteiger partial charge is 0.278 e. The molecular formula is C14H22N6O2. The van der Waals surface area contributed by atoms with E-state index in [2.05, 4.69) is 39.0 Å². The average molecular weight is 306 g/mol. The van der Waals surface area contributed by atoms with Crippen molar-refractivity contribution >= 4 is 17.1 Å². The first kappa shape index (κ1) is 16.2. The summed E-state index contributed by atoms with van der Waals surface area (Å²) < 4.78 is 1.72. The van der Waals surface area contributed by atoms with E-state index in [0.717, 1.165) is 19.6 Å². The molecule has 0 aliphatic carbocycles. The predicted octanol–water partition coefficient (Wildman–Crippen LogP) is -0.0323. The summed E-state index contributed by atoms with van der Waals surface area (Å²) in [6.07, 6.45) is 3.21. The highest BCUT2D eigenvalue weighted by atomic mass is 16.1. The van der Waals surface area contributed by atoms with Gasteiger partial charge in [0.25, 0.3) is 5.56 Å². The highest BCUT2D eigenvalue weighted by Crippen LogP contribution is 2.04. The number of carbonyl (C=O) groups is 1. The Labute approximate surface area is 128 Å². The molecule has 8 heteroatoms. The normalized spacial score (nSPS) is 11.2. The maximum absolute atomic E-state index is 11.8. The molecule has 0 unspecified atom stereocenters. The predicted molar refractivity (Wildman–Crippen MR) is 83.6 cm³/mol. The van der Waals surface area contributed by atoms with Gasteiger partial charge in [-0.15, -0.1) is 0 Å². The zero-order chi connectivity index (χ0) is 15.9. The summed E-state index contributed by atoms with van der Waals surface area (Å²) in [4.78, 5) is 36.2. The molecule has 0 radical (unpaired) electrons. The van der Waals surface area contributed by atoms with Crippen LogP contribution in [0.2, 0.25) is 0 Å². The fraction of sp³-hybridized carbons (Fsp3) is 0.571. The van der Waals surface area contributed by atoms with Gasteiger partial charge >= 0.3 is 0 Å². The van der Waals surface area contributed by atoms with E-state index in [1.165, 1.54) is 12.7 Å². The molecule has 2 N–H and O–H groups in total. The molecule has 0 atom stereocenters. The second-order valence-corrected chi connectivity index (χ2v) is 4.97. The third-order valence-electron chi connectivity index (χ3n) is 3.63. The molecule has 0 aliphatic rings. The van der Waals surface area contributed by atoms with Crippen LogP contribution < -0.4 is 10.9 Å². The Bertz CT molecular complexity index is 673. The van der Waals surface area contributed by atoms with E-state index in [9.17, 15) is 9.59 Å². The maximum Gasteiger partial charge on any atom is 0.278 e. The molecule has 2 aromatic heterocycles. The van der Waals surface area contributed by atoms with Crippen LogP contribution in [0, 0.1) is 0 Å². The Morgan fingerprint density at radius 3 is 2.86 bits per heavy atom. The molecule has 22 heavy (non-hydrogen) atoms. The Balaban J connectivity index is 1.83. The number of imidazole rings is 1. The van der Waals surface area contributed by atoms with Gasteiger partial charge in [0.1, 0.15) is 0 Å². The fourth-order valence-corrected chi connectivity index (χ4v) is 2.26. The molecule has 2 heterocycles. The second-order valence-electron chi connectivity index (χ2n) is 4.97. The number of carbonyl (C=O) groups excluding carboxylic acids is 1. The number of nitrogens with zero attached hydrogens (tertiary/aromatic N) is 4. The summed E-state index contributed by atoms with van der Waals surface area (Å²) in [5.41, 5.74) is 0.525. The van der Waals surface area contributed by atoms with Crippen molar-refractivity contribution in [3.8, 4) is 0 Å². The van der Waals surface area contributed by atoms with Crippen molar-refractivity contribution < 1.29 is 4.79 Å². The lowest BCUT2D eigenvalue weighted by atomic mass is 10.3. The van der Waals surface area contributed by atoms with Gasteiger partial charge in [-0.05, 0) is 13.1 Å². The molecule has 0 saturated carbocycles. The third kappa shape index (κ3) is 3.91. The largest absolute Gasteiger partial charge is 0.355 e. The third-order valence-corrected chi connectivity index (χ3v) is 3.63. The molecule has 0 saturated heterocycles. The van der Waals surface area contributed by atoms with E-state index in [1.54, 1.807) is 4.57 Å². The first-order valence-corrected chi connectivity index (χ1v) is 7.53. The van der Waals surface area contributed by atoms with Crippen LogP contribution in [0.25, 0.3) is 11.2 Å². The first-order valence-electron chi connectivity index (χ1n) is 7.53. The van der Waals surface area contributed by atoms with Crippen LogP contribution in [0.5, 0.6) is 0 Å². The van der Waals surface area contributed by atoms with E-state index in [0.29, 0.717) is 30.7 Å². The van der Waals surface area contributed by atoms with Gasteiger partial charge in [0, 0.05) is 26.1 Å². The summed E-state index contributed by atoms with van der Waals surface area (Å²) in [5, 5.41) is 2.90. The highest BCUT2D eigenvalue weighted by molar-refractivity contribution is 5.76. The van der Waals surface area contributed by atoms with Crippen LogP contribution in [0.15, 0.2) is 17.4 Å². The molecule has 2 aromatic rings. The minimum Gasteiger partial charge on any atom is -0.355 e. The monoisotopic (exact) mass is 306 g/mol. The summed E-state index contributed by atoms with van der Waals surface area (Å²) >= 11 is 0. The number of aromatic nitrogens is 4. The highest BCUT2D eigenvalue weighted by Gasteiger charge is 2.09. The van der Waals surface area contributed by atoms with E-state index in [4.69, 9.17) is 0 Å². The minimum absolute atomic E-state index is 0.0150. The molecule has 0 aromatic carbocycles. The number of H-pyrrole nitrogens is 1. The number of hydrogen-bond donors (Lipinski definition) is 2. The number of fused-ring (bicyclic) bond motifs is 1. The molecule has 0 bridgehead atoms. The molecule has 0 aliphatic heterocycles. The molecule has 120 valence electrons. The number of aryl methyl sites for hydroxylation is 1. The van der Waals surface area contributed by atoms with E-state index in [-0.39, 0.29) is 11.5 Å². The number of likely N-dealkylation sites (N-methyl/N-ethyl adjacent to an activating group) is 1. The van der Waals surface area contributed by atoms with Crippen molar-refractivity contribution in [2.24, 2.45) is 0 Å². The lowest BCUT2D eigenvalue weighted by Gasteiger charge is -2.17. The van der Waals surface area contributed by atoms with Gasteiger partial charge < -0.3 is 19.8 Å². The maximum atomic E-state index is 11.8. The Morgan fingerprint density at radius 1 is 1.36 bits per heavy atom. The fourth-order valence-electron chi connectivity index (χ4n) is 2.26. The Kier molecular flexibility index (Phi) is 5.65. The van der Waals surface area contributed by atoms with Gasteiger partial charge in [-0.1, -0.05) is 13.8 Å². The lowest BCUT2D eigenvalue weighted by molar-refractivity contribution is -0.121. The van der Waals surface area contributed by atoms with Gasteiger partial charge in [0.05, 0.1) is 12.7 Å². The number of rotatable bonds is 8. The molecule has 2 rings (SSSR count). The molecule has 1 amide bonds. The topological polar surface area (TPSA) is 95.9 Å². The quantitative estimate of drug-likeness (QED) is 0.714. The van der Waals surface area contributed by atoms with Crippen molar-refractivity contribution in [3.05, 3.63) is 23.0 Å². The summed E-state index contributed by atoms with van der Waals surface area (Å²) in [6.45, 7) is 8.10. The summed E-state index contributed by atoms with van der Waals surface area (Å²) in [5.74, 6) is -0.0150. The second kappa shape index (κ2) is 7.69. The molecule has 0 fully saturated rings. The van der Waals surface area contributed by atoms with E-state index in [1.807, 2.05) is 0 Å². The van der Waals surface area contributed by atoms with Crippen LogP contribution in [0.3, 0.4) is 0 Å². The lowest BCUT2D eigenvalue weighted by Crippen LogP contribution is -2.35. The van der Waals surface area contributed by atoms with Gasteiger partial charge in [-0.25, -0.2) is 9.97 Å². The SMILES string of the molecule is CCN(CC)CCNC(=O)CCn1cnc2c(=O)[nH]cnc21. The van der Waals surface area contributed by atoms with Crippen molar-refractivity contribution in [1.29, 1.82) is 0 Å². The van der Waals surface area contributed by atoms with Crippen LogP contribution in [-0.2, 0) is 11.3 Å². The van der Waals surface area contributed by atoms with Crippen LogP contribution >= 0.6 is 0 Å². The molecule has 8 nitrogen and oxygen atoms in total. The van der Waals surface area contributed by atoms with Crippen molar-refractivity contribution in [2.45, 2.75) is 26.8 Å². The molecule has 0 spiro atoms. The standard InChI is InChI=1S/C14H22N6O2/c1-3-19(4-2)8-6-15-11(21)5-7-20-10-18-12-13(20)16-9-17-14(12)22/h9-10H,3-8H2,1-2H3,(H,15,21)(H,16,17,22). The van der Waals surface area contributed by atoms with Gasteiger partial charge in [0.15, 0.2) is 11.2 Å². The van der Waals surface area contributed by atoms with Gasteiger partial charge in [-0.2, -0.15) is 0 Å². The summed E-state index contributed by atoms with van der Waals surface area (Å²) in [7, 11) is 0. The summed E-state index contributed by atoms with van der Waals surface area (Å²) in [6, 6.07) is 0. The van der Waals surface area contributed by atoms with E-state index >= 15 is 0 Å². The van der Waals surface area contributed by atoms with Crippen molar-refractivity contribution in [3.63, 3.8) is 0 Å². The number of nitrogens with one attached hydrogen (secondary N) is 2. The zero-order valence-corrected chi connectivity index (χ0v) is 13.0. The Hall–Kier alpha value is -2.22. The van der Waals surface area contributed by atoms with Gasteiger partial charge in [0.2, 0.25) is 5.91 Å². The molecular weight excluding hydrogens is 284 g/mol. The first-order chi connectivity index (χ1) is 10.7. The number of amides is 1. The van der Waals surface area contributed by atoms with E-state index < -0.39 is 0 Å². The van der Waals surface area contributed by atoms with Crippen molar-refractivity contribution in [1.82, 2.24) is 29.7 Å². The number of aromatic amines is 1. The van der Waals surface area contributed by atoms with Crippen LogP contribution in [-0.4, -0.2) is 56.5 Å². The zero-order valence-electron chi connectivity index (χ0n) is 13.0. The Morgan fingerprint density at radius 2 is 2.14 bits per heavy atom.